The average molecular weight is 376 g/mol. The summed E-state index contributed by atoms with van der Waals surface area (Å²) in [5.41, 5.74) is 0.489. The van der Waals surface area contributed by atoms with E-state index in [2.05, 4.69) is 15.5 Å². The van der Waals surface area contributed by atoms with E-state index in [4.69, 9.17) is 0 Å². The lowest BCUT2D eigenvalue weighted by Gasteiger charge is -2.23. The SMILES string of the molecule is CC(C)CC(=O)N1CCC[C@@H]1c1nnc(C(=O)Nc2ccc(F)cc2)s1. The fraction of sp³-hybridized carbons (Fsp3) is 0.444. The van der Waals surface area contributed by atoms with E-state index in [9.17, 15) is 14.0 Å². The van der Waals surface area contributed by atoms with Gasteiger partial charge in [-0.05, 0) is 43.0 Å². The summed E-state index contributed by atoms with van der Waals surface area (Å²) in [6.07, 6.45) is 2.26. The van der Waals surface area contributed by atoms with Gasteiger partial charge in [0.2, 0.25) is 10.9 Å². The van der Waals surface area contributed by atoms with Gasteiger partial charge in [0.25, 0.3) is 5.91 Å². The number of likely N-dealkylation sites (tertiary alicyclic amines) is 1. The van der Waals surface area contributed by atoms with Gasteiger partial charge in [-0.15, -0.1) is 10.2 Å². The summed E-state index contributed by atoms with van der Waals surface area (Å²) in [6.45, 7) is 4.75. The van der Waals surface area contributed by atoms with Gasteiger partial charge in [-0.2, -0.15) is 0 Å². The number of rotatable bonds is 5. The summed E-state index contributed by atoms with van der Waals surface area (Å²) in [5.74, 6) is -0.336. The standard InChI is InChI=1S/C18H21FN4O2S/c1-11(2)10-15(24)23-9-3-4-14(23)17-21-22-18(26-17)16(25)20-13-7-5-12(19)6-8-13/h5-8,11,14H,3-4,9-10H2,1-2H3,(H,20,25)/t14-/m1/s1. The number of carbonyl (C=O) groups excluding carboxylic acids is 2. The molecule has 26 heavy (non-hydrogen) atoms. The van der Waals surface area contributed by atoms with Crippen LogP contribution in [-0.2, 0) is 4.79 Å². The predicted octanol–water partition coefficient (Wildman–Crippen LogP) is 3.64. The summed E-state index contributed by atoms with van der Waals surface area (Å²) >= 11 is 1.20. The average Bonchev–Trinajstić information content (AvgIpc) is 3.25. The van der Waals surface area contributed by atoms with Crippen LogP contribution < -0.4 is 5.32 Å². The second-order valence-electron chi connectivity index (χ2n) is 6.75. The van der Waals surface area contributed by atoms with Crippen molar-refractivity contribution in [1.29, 1.82) is 0 Å². The Morgan fingerprint density at radius 3 is 2.73 bits per heavy atom. The zero-order chi connectivity index (χ0) is 18.7. The second kappa shape index (κ2) is 7.90. The van der Waals surface area contributed by atoms with Gasteiger partial charge >= 0.3 is 0 Å². The number of nitrogens with zero attached hydrogens (tertiary/aromatic N) is 3. The highest BCUT2D eigenvalue weighted by molar-refractivity contribution is 7.13. The molecule has 2 heterocycles. The van der Waals surface area contributed by atoms with Crippen LogP contribution in [0.2, 0.25) is 0 Å². The minimum atomic E-state index is -0.390. The first-order chi connectivity index (χ1) is 12.4. The maximum atomic E-state index is 12.9. The molecule has 1 saturated heterocycles. The predicted molar refractivity (Wildman–Crippen MR) is 97.4 cm³/mol. The van der Waals surface area contributed by atoms with Crippen LogP contribution in [-0.4, -0.2) is 33.5 Å². The maximum absolute atomic E-state index is 12.9. The molecule has 8 heteroatoms. The molecule has 1 aromatic carbocycles. The third kappa shape index (κ3) is 4.24. The molecule has 1 aliphatic heterocycles. The van der Waals surface area contributed by atoms with Crippen LogP contribution in [0.4, 0.5) is 10.1 Å². The van der Waals surface area contributed by atoms with Crippen LogP contribution in [0.1, 0.15) is 54.0 Å². The minimum Gasteiger partial charge on any atom is -0.333 e. The smallest absolute Gasteiger partial charge is 0.286 e. The van der Waals surface area contributed by atoms with E-state index in [0.29, 0.717) is 29.6 Å². The molecule has 0 radical (unpaired) electrons. The van der Waals surface area contributed by atoms with Gasteiger partial charge in [-0.3, -0.25) is 9.59 Å². The molecule has 1 atom stereocenters. The van der Waals surface area contributed by atoms with E-state index in [1.165, 1.54) is 35.6 Å². The molecule has 1 N–H and O–H groups in total. The first-order valence-corrected chi connectivity index (χ1v) is 9.45. The Kier molecular flexibility index (Phi) is 5.61. The normalized spacial score (nSPS) is 16.9. The summed E-state index contributed by atoms with van der Waals surface area (Å²) < 4.78 is 12.9. The molecule has 0 saturated carbocycles. The molecule has 2 aromatic rings. The summed E-state index contributed by atoms with van der Waals surface area (Å²) in [4.78, 5) is 26.6. The van der Waals surface area contributed by atoms with Gasteiger partial charge in [0.1, 0.15) is 10.8 Å². The lowest BCUT2D eigenvalue weighted by atomic mass is 10.1. The number of nitrogens with one attached hydrogen (secondary N) is 1. The van der Waals surface area contributed by atoms with Crippen molar-refractivity contribution in [2.75, 3.05) is 11.9 Å². The third-order valence-corrected chi connectivity index (χ3v) is 5.20. The zero-order valence-corrected chi connectivity index (χ0v) is 15.6. The number of carbonyl (C=O) groups is 2. The lowest BCUT2D eigenvalue weighted by molar-refractivity contribution is -0.132. The van der Waals surface area contributed by atoms with Crippen molar-refractivity contribution in [1.82, 2.24) is 15.1 Å². The topological polar surface area (TPSA) is 75.2 Å². The Labute approximate surface area is 155 Å². The Morgan fingerprint density at radius 2 is 2.04 bits per heavy atom. The van der Waals surface area contributed by atoms with Crippen LogP contribution >= 0.6 is 11.3 Å². The van der Waals surface area contributed by atoms with Gasteiger partial charge in [0.05, 0.1) is 6.04 Å². The Balaban J connectivity index is 1.69. The molecule has 1 aromatic heterocycles. The number of amides is 2. The number of hydrogen-bond acceptors (Lipinski definition) is 5. The third-order valence-electron chi connectivity index (χ3n) is 4.18. The van der Waals surface area contributed by atoms with Crippen molar-refractivity contribution < 1.29 is 14.0 Å². The van der Waals surface area contributed by atoms with Crippen molar-refractivity contribution in [3.8, 4) is 0 Å². The largest absolute Gasteiger partial charge is 0.333 e. The number of hydrogen-bond donors (Lipinski definition) is 1. The number of aromatic nitrogens is 2. The van der Waals surface area contributed by atoms with Crippen molar-refractivity contribution in [2.45, 2.75) is 39.2 Å². The molecular weight excluding hydrogens is 355 g/mol. The molecule has 1 aliphatic rings. The van der Waals surface area contributed by atoms with Crippen molar-refractivity contribution in [2.24, 2.45) is 5.92 Å². The van der Waals surface area contributed by atoms with Crippen LogP contribution in [0, 0.1) is 11.7 Å². The molecule has 0 spiro atoms. The molecular formula is C18H21FN4O2S. The first-order valence-electron chi connectivity index (χ1n) is 8.64. The molecule has 3 rings (SSSR count). The summed E-state index contributed by atoms with van der Waals surface area (Å²) in [5, 5.41) is 11.7. The molecule has 6 nitrogen and oxygen atoms in total. The van der Waals surface area contributed by atoms with Gasteiger partial charge in [-0.25, -0.2) is 4.39 Å². The van der Waals surface area contributed by atoms with Crippen LogP contribution in [0.5, 0.6) is 0 Å². The van der Waals surface area contributed by atoms with E-state index < -0.39 is 5.91 Å². The molecule has 138 valence electrons. The molecule has 2 amide bonds. The molecule has 1 fully saturated rings. The van der Waals surface area contributed by atoms with Gasteiger partial charge in [0.15, 0.2) is 0 Å². The van der Waals surface area contributed by atoms with Crippen LogP contribution in [0.3, 0.4) is 0 Å². The van der Waals surface area contributed by atoms with E-state index in [1.807, 2.05) is 18.7 Å². The molecule has 0 aliphatic carbocycles. The highest BCUT2D eigenvalue weighted by Gasteiger charge is 2.33. The molecule has 0 bridgehead atoms. The number of benzene rings is 1. The first kappa shape index (κ1) is 18.4. The summed E-state index contributed by atoms with van der Waals surface area (Å²) in [6, 6.07) is 5.42. The van der Waals surface area contributed by atoms with E-state index in [-0.39, 0.29) is 22.8 Å². The summed E-state index contributed by atoms with van der Waals surface area (Å²) in [7, 11) is 0. The van der Waals surface area contributed by atoms with E-state index in [1.54, 1.807) is 0 Å². The number of halogens is 1. The molecule has 0 unspecified atom stereocenters. The Hall–Kier alpha value is -2.35. The number of anilines is 1. The van der Waals surface area contributed by atoms with Crippen molar-refractivity contribution in [3.05, 3.63) is 40.1 Å². The van der Waals surface area contributed by atoms with E-state index >= 15 is 0 Å². The fourth-order valence-corrected chi connectivity index (χ4v) is 3.85. The van der Waals surface area contributed by atoms with Gasteiger partial charge in [0, 0.05) is 18.7 Å². The highest BCUT2D eigenvalue weighted by atomic mass is 32.1. The monoisotopic (exact) mass is 376 g/mol. The minimum absolute atomic E-state index is 0.105. The van der Waals surface area contributed by atoms with Gasteiger partial charge < -0.3 is 10.2 Å². The van der Waals surface area contributed by atoms with Crippen LogP contribution in [0.25, 0.3) is 0 Å². The van der Waals surface area contributed by atoms with Crippen molar-refractivity contribution in [3.63, 3.8) is 0 Å². The zero-order valence-electron chi connectivity index (χ0n) is 14.7. The van der Waals surface area contributed by atoms with Crippen molar-refractivity contribution >= 4 is 28.8 Å². The Bertz CT molecular complexity index is 791. The second-order valence-corrected chi connectivity index (χ2v) is 7.76. The highest BCUT2D eigenvalue weighted by Crippen LogP contribution is 2.34. The maximum Gasteiger partial charge on any atom is 0.286 e. The van der Waals surface area contributed by atoms with Gasteiger partial charge in [-0.1, -0.05) is 25.2 Å². The quantitative estimate of drug-likeness (QED) is 0.864. The van der Waals surface area contributed by atoms with E-state index in [0.717, 1.165) is 12.8 Å². The Morgan fingerprint density at radius 1 is 1.31 bits per heavy atom. The van der Waals surface area contributed by atoms with Crippen LogP contribution in [0.15, 0.2) is 24.3 Å². The fourth-order valence-electron chi connectivity index (χ4n) is 2.97. The lowest BCUT2D eigenvalue weighted by Crippen LogP contribution is -2.31.